The van der Waals surface area contributed by atoms with Crippen LogP contribution in [-0.4, -0.2) is 21.1 Å². The van der Waals surface area contributed by atoms with Crippen LogP contribution in [0.15, 0.2) is 30.9 Å². The summed E-state index contributed by atoms with van der Waals surface area (Å²) in [5.41, 5.74) is 3.59. The Balaban J connectivity index is 1.88. The molecule has 0 aliphatic carbocycles. The van der Waals surface area contributed by atoms with Gasteiger partial charge in [0.15, 0.2) is 0 Å². The van der Waals surface area contributed by atoms with E-state index in [9.17, 15) is 0 Å². The number of pyridine rings is 1. The number of nitrogens with zero attached hydrogens (tertiary/aromatic N) is 4. The Kier molecular flexibility index (Phi) is 2.13. The maximum Gasteiger partial charge on any atom is 0.0949 e. The van der Waals surface area contributed by atoms with Crippen molar-refractivity contribution in [3.63, 3.8) is 0 Å². The molecule has 0 amide bonds. The minimum absolute atomic E-state index is 0.934. The van der Waals surface area contributed by atoms with Gasteiger partial charge < -0.3 is 9.47 Å². The second kappa shape index (κ2) is 3.63. The van der Waals surface area contributed by atoms with Crippen molar-refractivity contribution in [2.24, 2.45) is 0 Å². The van der Waals surface area contributed by atoms with E-state index in [-0.39, 0.29) is 0 Å². The fourth-order valence-electron chi connectivity index (χ4n) is 2.13. The highest BCUT2D eigenvalue weighted by atomic mass is 15.2. The van der Waals surface area contributed by atoms with E-state index in [0.29, 0.717) is 0 Å². The Morgan fingerprint density at radius 2 is 2.25 bits per heavy atom. The Hall–Kier alpha value is -1.84. The second-order valence-electron chi connectivity index (χ2n) is 4.16. The van der Waals surface area contributed by atoms with Crippen LogP contribution in [0.25, 0.3) is 0 Å². The predicted octanol–water partition coefficient (Wildman–Crippen LogP) is 1.61. The van der Waals surface area contributed by atoms with Gasteiger partial charge in [0.1, 0.15) is 0 Å². The zero-order valence-corrected chi connectivity index (χ0v) is 9.30. The summed E-state index contributed by atoms with van der Waals surface area (Å²) >= 11 is 0. The van der Waals surface area contributed by atoms with Crippen LogP contribution in [-0.2, 0) is 13.1 Å². The number of fused-ring (bicyclic) bond motifs is 1. The minimum Gasteiger partial charge on any atom is -0.364 e. The maximum atomic E-state index is 4.22. The number of hydrogen-bond donors (Lipinski definition) is 0. The lowest BCUT2D eigenvalue weighted by atomic mass is 10.2. The number of aryl methyl sites for hydroxylation is 1. The van der Waals surface area contributed by atoms with Gasteiger partial charge in [0.05, 0.1) is 18.6 Å². The summed E-state index contributed by atoms with van der Waals surface area (Å²) in [6, 6.07) is 4.20. The third-order valence-electron chi connectivity index (χ3n) is 3.01. The van der Waals surface area contributed by atoms with Crippen LogP contribution in [0, 0.1) is 6.92 Å². The van der Waals surface area contributed by atoms with Gasteiger partial charge in [-0.3, -0.25) is 4.98 Å². The molecule has 0 atom stereocenters. The fourth-order valence-corrected chi connectivity index (χ4v) is 2.13. The monoisotopic (exact) mass is 214 g/mol. The van der Waals surface area contributed by atoms with E-state index in [4.69, 9.17) is 0 Å². The lowest BCUT2D eigenvalue weighted by Crippen LogP contribution is -2.33. The molecule has 0 fully saturated rings. The second-order valence-corrected chi connectivity index (χ2v) is 4.16. The molecule has 4 nitrogen and oxygen atoms in total. The van der Waals surface area contributed by atoms with Gasteiger partial charge in [-0.2, -0.15) is 0 Å². The highest BCUT2D eigenvalue weighted by molar-refractivity contribution is 5.47. The predicted molar refractivity (Wildman–Crippen MR) is 62.3 cm³/mol. The quantitative estimate of drug-likeness (QED) is 0.723. The molecular formula is C12H14N4. The zero-order valence-electron chi connectivity index (χ0n) is 9.30. The molecule has 0 N–H and O–H groups in total. The first-order valence-electron chi connectivity index (χ1n) is 5.49. The van der Waals surface area contributed by atoms with Crippen LogP contribution in [0.4, 0.5) is 5.69 Å². The molecule has 0 unspecified atom stereocenters. The molecule has 82 valence electrons. The van der Waals surface area contributed by atoms with Crippen LogP contribution in [0.1, 0.15) is 11.4 Å². The summed E-state index contributed by atoms with van der Waals surface area (Å²) < 4.78 is 2.21. The highest BCUT2D eigenvalue weighted by Crippen LogP contribution is 2.20. The van der Waals surface area contributed by atoms with Crippen LogP contribution in [0.3, 0.4) is 0 Å². The molecule has 1 aliphatic heterocycles. The van der Waals surface area contributed by atoms with Crippen molar-refractivity contribution >= 4 is 5.69 Å². The number of anilines is 1. The molecule has 3 rings (SSSR count). The van der Waals surface area contributed by atoms with Gasteiger partial charge in [-0.15, -0.1) is 0 Å². The average molecular weight is 214 g/mol. The number of hydrogen-bond acceptors (Lipinski definition) is 3. The lowest BCUT2D eigenvalue weighted by molar-refractivity contribution is 0.571. The van der Waals surface area contributed by atoms with Gasteiger partial charge in [0.2, 0.25) is 0 Å². The van der Waals surface area contributed by atoms with E-state index >= 15 is 0 Å². The van der Waals surface area contributed by atoms with E-state index in [1.807, 2.05) is 25.6 Å². The molecule has 4 heteroatoms. The average Bonchev–Trinajstić information content (AvgIpc) is 2.75. The molecular weight excluding hydrogens is 200 g/mol. The normalized spacial score (nSPS) is 14.9. The Labute approximate surface area is 94.6 Å². The van der Waals surface area contributed by atoms with E-state index in [1.54, 1.807) is 0 Å². The topological polar surface area (TPSA) is 34.0 Å². The van der Waals surface area contributed by atoms with E-state index < -0.39 is 0 Å². The standard InChI is InChI=1S/C12H14N4/c1-10-6-11(2-3-14-10)15-4-5-16-9-13-7-12(16)8-15/h2-3,6-7,9H,4-5,8H2,1H3. The number of imidazole rings is 1. The maximum absolute atomic E-state index is 4.22. The van der Waals surface area contributed by atoms with Crippen LogP contribution in [0.2, 0.25) is 0 Å². The summed E-state index contributed by atoms with van der Waals surface area (Å²) in [7, 11) is 0. The van der Waals surface area contributed by atoms with Crippen molar-refractivity contribution in [2.75, 3.05) is 11.4 Å². The third kappa shape index (κ3) is 1.56. The highest BCUT2D eigenvalue weighted by Gasteiger charge is 2.16. The van der Waals surface area contributed by atoms with Crippen LogP contribution < -0.4 is 4.90 Å². The Morgan fingerprint density at radius 3 is 3.12 bits per heavy atom. The van der Waals surface area contributed by atoms with Crippen molar-refractivity contribution in [2.45, 2.75) is 20.0 Å². The first-order chi connectivity index (χ1) is 7.83. The van der Waals surface area contributed by atoms with Gasteiger partial charge in [-0.25, -0.2) is 4.98 Å². The molecule has 3 heterocycles. The molecule has 0 radical (unpaired) electrons. The Morgan fingerprint density at radius 1 is 1.31 bits per heavy atom. The fraction of sp³-hybridized carbons (Fsp3) is 0.333. The van der Waals surface area contributed by atoms with Crippen molar-refractivity contribution in [1.82, 2.24) is 14.5 Å². The molecule has 1 aliphatic rings. The minimum atomic E-state index is 0.934. The summed E-state index contributed by atoms with van der Waals surface area (Å²) in [4.78, 5) is 10.8. The molecule has 0 aromatic carbocycles. The van der Waals surface area contributed by atoms with E-state index in [1.165, 1.54) is 11.4 Å². The SMILES string of the molecule is Cc1cc(N2CCn3cncc3C2)ccn1. The van der Waals surface area contributed by atoms with Gasteiger partial charge in [0.25, 0.3) is 0 Å². The zero-order chi connectivity index (χ0) is 11.0. The van der Waals surface area contributed by atoms with Gasteiger partial charge in [-0.05, 0) is 19.1 Å². The molecule has 16 heavy (non-hydrogen) atoms. The smallest absolute Gasteiger partial charge is 0.0949 e. The van der Waals surface area contributed by atoms with Gasteiger partial charge in [-0.1, -0.05) is 0 Å². The molecule has 0 saturated carbocycles. The first-order valence-corrected chi connectivity index (χ1v) is 5.49. The van der Waals surface area contributed by atoms with Crippen molar-refractivity contribution in [1.29, 1.82) is 0 Å². The van der Waals surface area contributed by atoms with Gasteiger partial charge in [0, 0.05) is 36.9 Å². The number of rotatable bonds is 1. The molecule has 2 aromatic heterocycles. The first kappa shape index (κ1) is 9.39. The summed E-state index contributed by atoms with van der Waals surface area (Å²) in [6.07, 6.45) is 5.72. The molecule has 2 aromatic rings. The van der Waals surface area contributed by atoms with Crippen molar-refractivity contribution in [3.05, 3.63) is 42.2 Å². The third-order valence-corrected chi connectivity index (χ3v) is 3.01. The van der Waals surface area contributed by atoms with Crippen LogP contribution >= 0.6 is 0 Å². The Bertz CT molecular complexity index is 503. The van der Waals surface area contributed by atoms with Crippen molar-refractivity contribution < 1.29 is 0 Å². The van der Waals surface area contributed by atoms with Gasteiger partial charge >= 0.3 is 0 Å². The van der Waals surface area contributed by atoms with Crippen molar-refractivity contribution in [3.8, 4) is 0 Å². The van der Waals surface area contributed by atoms with E-state index in [2.05, 4.69) is 31.6 Å². The van der Waals surface area contributed by atoms with E-state index in [0.717, 1.165) is 25.3 Å². The molecule has 0 saturated heterocycles. The van der Waals surface area contributed by atoms with Crippen LogP contribution in [0.5, 0.6) is 0 Å². The lowest BCUT2D eigenvalue weighted by Gasteiger charge is -2.30. The number of aromatic nitrogens is 3. The summed E-state index contributed by atoms with van der Waals surface area (Å²) in [5, 5.41) is 0. The summed E-state index contributed by atoms with van der Waals surface area (Å²) in [5.74, 6) is 0. The molecule has 0 spiro atoms. The summed E-state index contributed by atoms with van der Waals surface area (Å²) in [6.45, 7) is 5.00. The largest absolute Gasteiger partial charge is 0.364 e. The molecule has 0 bridgehead atoms.